The van der Waals surface area contributed by atoms with Crippen LogP contribution in [0.1, 0.15) is 30.4 Å². The standard InChI is InChI=1S/C23H24O4/c1-25-20-12-16(13-21(15-20)26-2)11-18-8-6-9-19(23(18)24)14-17-7-4-5-10-22(17)27-3/h4-5,7,10-15H,6,8-9H2,1-3H3/b18-11+,19-14?. The summed E-state index contributed by atoms with van der Waals surface area (Å²) in [7, 11) is 4.87. The van der Waals surface area contributed by atoms with Crippen molar-refractivity contribution in [1.82, 2.24) is 0 Å². The van der Waals surface area contributed by atoms with E-state index in [9.17, 15) is 4.79 Å². The fraction of sp³-hybridized carbons (Fsp3) is 0.261. The number of allylic oxidation sites excluding steroid dienone is 2. The molecule has 0 aliphatic heterocycles. The molecule has 0 amide bonds. The highest BCUT2D eigenvalue weighted by atomic mass is 16.5. The van der Waals surface area contributed by atoms with Crippen LogP contribution in [0.4, 0.5) is 0 Å². The summed E-state index contributed by atoms with van der Waals surface area (Å²) in [5.74, 6) is 2.27. The van der Waals surface area contributed by atoms with Crippen LogP contribution in [0.5, 0.6) is 17.2 Å². The lowest BCUT2D eigenvalue weighted by atomic mass is 9.86. The molecule has 0 atom stereocenters. The van der Waals surface area contributed by atoms with Crippen LogP contribution in [-0.2, 0) is 4.79 Å². The van der Waals surface area contributed by atoms with E-state index in [-0.39, 0.29) is 5.78 Å². The van der Waals surface area contributed by atoms with Crippen molar-refractivity contribution in [3.05, 3.63) is 64.7 Å². The van der Waals surface area contributed by atoms with E-state index >= 15 is 0 Å². The Hall–Kier alpha value is -3.01. The largest absolute Gasteiger partial charge is 0.497 e. The number of hydrogen-bond acceptors (Lipinski definition) is 4. The maximum Gasteiger partial charge on any atom is 0.185 e. The first-order valence-electron chi connectivity index (χ1n) is 8.96. The van der Waals surface area contributed by atoms with Crippen molar-refractivity contribution < 1.29 is 19.0 Å². The molecule has 0 unspecified atom stereocenters. The van der Waals surface area contributed by atoms with Crippen molar-refractivity contribution >= 4 is 17.9 Å². The third kappa shape index (κ3) is 4.40. The van der Waals surface area contributed by atoms with Crippen molar-refractivity contribution in [2.45, 2.75) is 19.3 Å². The minimum atomic E-state index is 0.0916. The lowest BCUT2D eigenvalue weighted by molar-refractivity contribution is -0.112. The first kappa shape index (κ1) is 18.8. The number of carbonyl (C=O) groups excluding carboxylic acids is 1. The number of Topliss-reactive ketones (excluding diaryl/α,β-unsaturated/α-hetero) is 1. The van der Waals surface area contributed by atoms with Gasteiger partial charge in [0.2, 0.25) is 0 Å². The molecule has 2 aromatic rings. The normalized spacial score (nSPS) is 17.2. The molecule has 1 aliphatic carbocycles. The second-order valence-corrected chi connectivity index (χ2v) is 6.41. The Balaban J connectivity index is 1.93. The molecule has 1 fully saturated rings. The summed E-state index contributed by atoms with van der Waals surface area (Å²) >= 11 is 0. The minimum absolute atomic E-state index is 0.0916. The summed E-state index contributed by atoms with van der Waals surface area (Å²) in [6.45, 7) is 0. The molecule has 0 bridgehead atoms. The van der Waals surface area contributed by atoms with E-state index in [0.717, 1.165) is 47.3 Å². The number of rotatable bonds is 5. The van der Waals surface area contributed by atoms with Crippen LogP contribution >= 0.6 is 0 Å². The molecule has 1 saturated carbocycles. The van der Waals surface area contributed by atoms with Gasteiger partial charge in [-0.05, 0) is 55.2 Å². The predicted molar refractivity (Wildman–Crippen MR) is 107 cm³/mol. The topological polar surface area (TPSA) is 44.8 Å². The minimum Gasteiger partial charge on any atom is -0.497 e. The average molecular weight is 364 g/mol. The van der Waals surface area contributed by atoms with Crippen molar-refractivity contribution in [3.8, 4) is 17.2 Å². The van der Waals surface area contributed by atoms with Crippen LogP contribution in [-0.4, -0.2) is 27.1 Å². The molecular weight excluding hydrogens is 340 g/mol. The molecular formula is C23H24O4. The zero-order chi connectivity index (χ0) is 19.2. The summed E-state index contributed by atoms with van der Waals surface area (Å²) in [5, 5.41) is 0. The van der Waals surface area contributed by atoms with Gasteiger partial charge in [0.15, 0.2) is 5.78 Å². The van der Waals surface area contributed by atoms with E-state index in [1.807, 2.05) is 54.6 Å². The lowest BCUT2D eigenvalue weighted by Crippen LogP contribution is -2.12. The third-order valence-corrected chi connectivity index (χ3v) is 4.66. The first-order valence-corrected chi connectivity index (χ1v) is 8.96. The average Bonchev–Trinajstić information content (AvgIpc) is 2.71. The van der Waals surface area contributed by atoms with Crippen molar-refractivity contribution in [3.63, 3.8) is 0 Å². The third-order valence-electron chi connectivity index (χ3n) is 4.66. The molecule has 0 aromatic heterocycles. The van der Waals surface area contributed by atoms with Crippen LogP contribution in [0.25, 0.3) is 12.2 Å². The zero-order valence-electron chi connectivity index (χ0n) is 16.0. The second-order valence-electron chi connectivity index (χ2n) is 6.41. The van der Waals surface area contributed by atoms with Gasteiger partial charge in [-0.25, -0.2) is 0 Å². The smallest absolute Gasteiger partial charge is 0.185 e. The van der Waals surface area contributed by atoms with E-state index in [4.69, 9.17) is 14.2 Å². The summed E-state index contributed by atoms with van der Waals surface area (Å²) in [4.78, 5) is 13.0. The molecule has 2 aromatic carbocycles. The summed E-state index contributed by atoms with van der Waals surface area (Å²) in [6, 6.07) is 13.4. The molecule has 0 saturated heterocycles. The summed E-state index contributed by atoms with van der Waals surface area (Å²) in [5.41, 5.74) is 3.44. The highest BCUT2D eigenvalue weighted by Crippen LogP contribution is 2.31. The van der Waals surface area contributed by atoms with Gasteiger partial charge >= 0.3 is 0 Å². The number of para-hydroxylation sites is 1. The van der Waals surface area contributed by atoms with Gasteiger partial charge in [-0.3, -0.25) is 4.79 Å². The fourth-order valence-corrected chi connectivity index (χ4v) is 3.27. The van der Waals surface area contributed by atoms with Gasteiger partial charge < -0.3 is 14.2 Å². The molecule has 3 rings (SSSR count). The molecule has 27 heavy (non-hydrogen) atoms. The Labute approximate surface area is 160 Å². The molecule has 4 heteroatoms. The van der Waals surface area contributed by atoms with Gasteiger partial charge in [-0.1, -0.05) is 18.2 Å². The number of carbonyl (C=O) groups is 1. The Bertz CT molecular complexity index is 871. The van der Waals surface area contributed by atoms with Crippen molar-refractivity contribution in [1.29, 1.82) is 0 Å². The van der Waals surface area contributed by atoms with Crippen molar-refractivity contribution in [2.24, 2.45) is 0 Å². The Morgan fingerprint density at radius 2 is 1.44 bits per heavy atom. The molecule has 0 heterocycles. The van der Waals surface area contributed by atoms with Crippen LogP contribution in [0.3, 0.4) is 0 Å². The molecule has 0 radical (unpaired) electrons. The number of ether oxygens (including phenoxy) is 3. The Morgan fingerprint density at radius 1 is 0.815 bits per heavy atom. The fourth-order valence-electron chi connectivity index (χ4n) is 3.27. The number of benzene rings is 2. The molecule has 0 N–H and O–H groups in total. The first-order chi connectivity index (χ1) is 13.1. The highest BCUT2D eigenvalue weighted by Gasteiger charge is 2.21. The molecule has 1 aliphatic rings. The lowest BCUT2D eigenvalue weighted by Gasteiger charge is -2.17. The van der Waals surface area contributed by atoms with Crippen LogP contribution in [0.15, 0.2) is 53.6 Å². The van der Waals surface area contributed by atoms with E-state index in [1.54, 1.807) is 21.3 Å². The van der Waals surface area contributed by atoms with E-state index in [1.165, 1.54) is 0 Å². The van der Waals surface area contributed by atoms with Crippen molar-refractivity contribution in [2.75, 3.05) is 21.3 Å². The van der Waals surface area contributed by atoms with Crippen LogP contribution in [0, 0.1) is 0 Å². The Kier molecular flexibility index (Phi) is 5.97. The summed E-state index contributed by atoms with van der Waals surface area (Å²) < 4.78 is 16.0. The van der Waals surface area contributed by atoms with Gasteiger partial charge in [0.1, 0.15) is 17.2 Å². The van der Waals surface area contributed by atoms with E-state index in [0.29, 0.717) is 11.5 Å². The van der Waals surface area contributed by atoms with Gasteiger partial charge in [0.05, 0.1) is 21.3 Å². The molecule has 140 valence electrons. The maximum absolute atomic E-state index is 13.0. The van der Waals surface area contributed by atoms with Gasteiger partial charge in [0.25, 0.3) is 0 Å². The highest BCUT2D eigenvalue weighted by molar-refractivity contribution is 6.14. The number of hydrogen-bond donors (Lipinski definition) is 0. The van der Waals surface area contributed by atoms with Gasteiger partial charge in [-0.15, -0.1) is 0 Å². The SMILES string of the molecule is COc1cc(/C=C2\CCCC(=Cc3ccccc3OC)C2=O)cc(OC)c1. The number of methoxy groups -OCH3 is 3. The van der Waals surface area contributed by atoms with Gasteiger partial charge in [-0.2, -0.15) is 0 Å². The predicted octanol–water partition coefficient (Wildman–Crippen LogP) is 4.93. The summed E-state index contributed by atoms with van der Waals surface area (Å²) in [6.07, 6.45) is 6.36. The molecule has 4 nitrogen and oxygen atoms in total. The molecule has 0 spiro atoms. The second kappa shape index (κ2) is 8.58. The maximum atomic E-state index is 13.0. The van der Waals surface area contributed by atoms with Crippen LogP contribution < -0.4 is 14.2 Å². The van der Waals surface area contributed by atoms with E-state index < -0.39 is 0 Å². The van der Waals surface area contributed by atoms with Crippen LogP contribution in [0.2, 0.25) is 0 Å². The number of ketones is 1. The van der Waals surface area contributed by atoms with Gasteiger partial charge in [0, 0.05) is 22.8 Å². The van der Waals surface area contributed by atoms with E-state index in [2.05, 4.69) is 0 Å². The zero-order valence-corrected chi connectivity index (χ0v) is 16.0. The quantitative estimate of drug-likeness (QED) is 0.706. The monoisotopic (exact) mass is 364 g/mol. The Morgan fingerprint density at radius 3 is 2.07 bits per heavy atom.